The molecule has 44 heavy (non-hydrogen) atoms. The summed E-state index contributed by atoms with van der Waals surface area (Å²) in [7, 11) is 3.41. The molecule has 0 aliphatic carbocycles. The van der Waals surface area contributed by atoms with Crippen LogP contribution in [0.25, 0.3) is 10.8 Å². The molecule has 0 spiro atoms. The Morgan fingerprint density at radius 3 is 2.00 bits per heavy atom. The molecule has 7 nitrogen and oxygen atoms in total. The van der Waals surface area contributed by atoms with E-state index in [0.29, 0.717) is 29.8 Å². The summed E-state index contributed by atoms with van der Waals surface area (Å²) in [6.07, 6.45) is 6.95. The molecular weight excluding hydrogens is 556 g/mol. The fourth-order valence-electron chi connectivity index (χ4n) is 4.15. The van der Waals surface area contributed by atoms with Crippen molar-refractivity contribution in [3.05, 3.63) is 114 Å². The second-order valence-electron chi connectivity index (χ2n) is 9.90. The quantitative estimate of drug-likeness (QED) is 0.0505. The zero-order valence-corrected chi connectivity index (χ0v) is 26.0. The van der Waals surface area contributed by atoms with Gasteiger partial charge in [-0.1, -0.05) is 48.9 Å². The van der Waals surface area contributed by atoms with E-state index in [-0.39, 0.29) is 0 Å². The minimum atomic E-state index is -0.427. The van der Waals surface area contributed by atoms with Gasteiger partial charge >= 0.3 is 5.97 Å². The fourth-order valence-corrected chi connectivity index (χ4v) is 4.15. The molecule has 7 heteroatoms. The molecule has 0 radical (unpaired) electrons. The van der Waals surface area contributed by atoms with Gasteiger partial charge in [-0.15, -0.1) is 0 Å². The molecule has 4 aromatic rings. The average molecular weight is 599 g/mol. The summed E-state index contributed by atoms with van der Waals surface area (Å²) < 4.78 is 21.3. The smallest absolute Gasteiger partial charge is 0.343 e. The van der Waals surface area contributed by atoms with Gasteiger partial charge in [-0.05, 0) is 104 Å². The Kier molecular flexibility index (Phi) is 16.3. The van der Waals surface area contributed by atoms with Crippen LogP contribution >= 0.6 is 0 Å². The van der Waals surface area contributed by atoms with Crippen LogP contribution in [-0.2, 0) is 9.53 Å². The molecule has 0 amide bonds. The number of benzene rings is 4. The van der Waals surface area contributed by atoms with Gasteiger partial charge in [0.2, 0.25) is 0 Å². The summed E-state index contributed by atoms with van der Waals surface area (Å²) in [5.41, 5.74) is 3.54. The molecule has 0 bridgehead atoms. The van der Waals surface area contributed by atoms with Crippen molar-refractivity contribution >= 4 is 29.3 Å². The van der Waals surface area contributed by atoms with Crippen LogP contribution in [0.4, 0.5) is 0 Å². The Morgan fingerprint density at radius 1 is 0.750 bits per heavy atom. The Balaban J connectivity index is 0.000000398. The number of aryl methyl sites for hydroxylation is 2. The molecular formula is C37H42O7. The van der Waals surface area contributed by atoms with Crippen LogP contribution in [0, 0.1) is 13.8 Å². The van der Waals surface area contributed by atoms with Gasteiger partial charge in [0.05, 0.1) is 19.3 Å². The van der Waals surface area contributed by atoms with Crippen molar-refractivity contribution in [3.8, 4) is 17.2 Å². The predicted molar refractivity (Wildman–Crippen MR) is 175 cm³/mol. The molecule has 0 unspecified atom stereocenters. The Bertz CT molecular complexity index is 1470. The number of ether oxygens (including phenoxy) is 4. The number of hydrogen-bond donors (Lipinski definition) is 0. The lowest BCUT2D eigenvalue weighted by atomic mass is 10.1. The molecule has 232 valence electrons. The third kappa shape index (κ3) is 12.6. The number of carbonyl (C=O) groups excluding carboxylic acids is 3. The molecule has 0 saturated carbocycles. The summed E-state index contributed by atoms with van der Waals surface area (Å²) in [5, 5.41) is 1.82. The Hall–Kier alpha value is -4.75. The highest BCUT2D eigenvalue weighted by Gasteiger charge is 2.10. The van der Waals surface area contributed by atoms with E-state index in [2.05, 4.69) is 19.6 Å². The van der Waals surface area contributed by atoms with Crippen LogP contribution in [0.1, 0.15) is 57.5 Å². The molecule has 0 heterocycles. The number of aldehydes is 2. The van der Waals surface area contributed by atoms with Crippen molar-refractivity contribution in [1.29, 1.82) is 0 Å². The first kappa shape index (κ1) is 35.4. The minimum Gasteiger partial charge on any atom is -0.496 e. The van der Waals surface area contributed by atoms with Crippen molar-refractivity contribution in [2.45, 2.75) is 39.5 Å². The first-order valence-corrected chi connectivity index (χ1v) is 14.5. The number of allylic oxidation sites excluding steroid dienone is 1. The minimum absolute atomic E-state index is 0.427. The van der Waals surface area contributed by atoms with Crippen molar-refractivity contribution < 1.29 is 33.3 Å². The SMILES string of the molecule is C=CC=O.COCCCCCCOc1ccc(C(=O)Oc2ccc3cc(C=O)ccc3c2)cc1.COc1ccc(C)cc1C. The van der Waals surface area contributed by atoms with E-state index in [0.717, 1.165) is 60.8 Å². The van der Waals surface area contributed by atoms with Gasteiger partial charge in [-0.25, -0.2) is 4.79 Å². The normalized spacial score (nSPS) is 9.91. The molecule has 4 aromatic carbocycles. The Morgan fingerprint density at radius 2 is 1.39 bits per heavy atom. The van der Waals surface area contributed by atoms with Crippen molar-refractivity contribution in [3.63, 3.8) is 0 Å². The highest BCUT2D eigenvalue weighted by Crippen LogP contribution is 2.23. The molecule has 0 aliphatic heterocycles. The van der Waals surface area contributed by atoms with Crippen LogP contribution in [0.2, 0.25) is 0 Å². The van der Waals surface area contributed by atoms with Crippen LogP contribution in [-0.4, -0.2) is 46.0 Å². The van der Waals surface area contributed by atoms with Crippen molar-refractivity contribution in [2.24, 2.45) is 0 Å². The lowest BCUT2D eigenvalue weighted by molar-refractivity contribution is -0.104. The van der Waals surface area contributed by atoms with E-state index in [1.807, 2.05) is 31.2 Å². The van der Waals surface area contributed by atoms with Gasteiger partial charge in [0.25, 0.3) is 0 Å². The summed E-state index contributed by atoms with van der Waals surface area (Å²) in [6.45, 7) is 8.69. The van der Waals surface area contributed by atoms with E-state index in [4.69, 9.17) is 23.7 Å². The lowest BCUT2D eigenvalue weighted by Crippen LogP contribution is -2.08. The number of unbranched alkanes of at least 4 members (excludes halogenated alkanes) is 3. The van der Waals surface area contributed by atoms with Crippen LogP contribution < -0.4 is 14.2 Å². The molecule has 0 fully saturated rings. The number of rotatable bonds is 13. The number of carbonyl (C=O) groups is 3. The highest BCUT2D eigenvalue weighted by molar-refractivity contribution is 5.93. The summed E-state index contributed by atoms with van der Waals surface area (Å²) in [6, 6.07) is 23.8. The zero-order valence-electron chi connectivity index (χ0n) is 26.0. The molecule has 0 atom stereocenters. The zero-order chi connectivity index (χ0) is 32.2. The molecule has 0 aromatic heterocycles. The maximum atomic E-state index is 12.4. The van der Waals surface area contributed by atoms with Crippen LogP contribution in [0.3, 0.4) is 0 Å². The third-order valence-electron chi connectivity index (χ3n) is 6.43. The lowest BCUT2D eigenvalue weighted by Gasteiger charge is -2.08. The summed E-state index contributed by atoms with van der Waals surface area (Å²) in [4.78, 5) is 32.4. The van der Waals surface area contributed by atoms with Crippen LogP contribution in [0.5, 0.6) is 17.2 Å². The summed E-state index contributed by atoms with van der Waals surface area (Å²) >= 11 is 0. The third-order valence-corrected chi connectivity index (χ3v) is 6.43. The van der Waals surface area contributed by atoms with Gasteiger partial charge < -0.3 is 18.9 Å². The molecule has 0 aliphatic rings. The largest absolute Gasteiger partial charge is 0.496 e. The van der Waals surface area contributed by atoms with E-state index in [1.54, 1.807) is 62.8 Å². The van der Waals surface area contributed by atoms with Gasteiger partial charge in [0.1, 0.15) is 29.8 Å². The van der Waals surface area contributed by atoms with Crippen molar-refractivity contribution in [2.75, 3.05) is 27.4 Å². The maximum absolute atomic E-state index is 12.4. The standard InChI is InChI=1S/C25H26O5.C9H12O.C3H4O/c1-28-14-4-2-3-5-15-29-23-11-8-20(9-12-23)25(27)30-24-13-10-21-16-19(18-26)6-7-22(21)17-24;1-7-4-5-9(10-3)8(2)6-7;1-2-3-4/h6-13,16-18H,2-5,14-15H2,1H3;4-6H,1-3H3;2-3H,1H2. The topological polar surface area (TPSA) is 88.1 Å². The second kappa shape index (κ2) is 20.2. The van der Waals surface area contributed by atoms with E-state index >= 15 is 0 Å². The van der Waals surface area contributed by atoms with Crippen molar-refractivity contribution in [1.82, 2.24) is 0 Å². The number of fused-ring (bicyclic) bond motifs is 1. The van der Waals surface area contributed by atoms with E-state index < -0.39 is 5.97 Å². The number of esters is 1. The molecule has 0 saturated heterocycles. The van der Waals surface area contributed by atoms with Crippen LogP contribution in [0.15, 0.2) is 91.5 Å². The van der Waals surface area contributed by atoms with Gasteiger partial charge in [0, 0.05) is 19.3 Å². The Labute approximate surface area is 260 Å². The van der Waals surface area contributed by atoms with Gasteiger partial charge in [0.15, 0.2) is 0 Å². The predicted octanol–water partition coefficient (Wildman–Crippen LogP) is 8.14. The molecule has 4 rings (SSSR count). The summed E-state index contributed by atoms with van der Waals surface area (Å²) in [5.74, 6) is 1.73. The average Bonchev–Trinajstić information content (AvgIpc) is 3.04. The van der Waals surface area contributed by atoms with Gasteiger partial charge in [-0.3, -0.25) is 9.59 Å². The number of hydrogen-bond acceptors (Lipinski definition) is 7. The fraction of sp³-hybridized carbons (Fsp3) is 0.270. The first-order valence-electron chi connectivity index (χ1n) is 14.5. The highest BCUT2D eigenvalue weighted by atomic mass is 16.5. The number of methoxy groups -OCH3 is 2. The van der Waals surface area contributed by atoms with Gasteiger partial charge in [-0.2, -0.15) is 0 Å². The van der Waals surface area contributed by atoms with E-state index in [9.17, 15) is 9.59 Å². The molecule has 0 N–H and O–H groups in total. The monoisotopic (exact) mass is 598 g/mol. The first-order chi connectivity index (χ1) is 21.3. The van der Waals surface area contributed by atoms with E-state index in [1.165, 1.54) is 17.2 Å². The maximum Gasteiger partial charge on any atom is 0.343 e. The second-order valence-corrected chi connectivity index (χ2v) is 9.90.